The minimum atomic E-state index is -4.50. The van der Waals surface area contributed by atoms with Crippen molar-refractivity contribution < 1.29 is 32.5 Å². The number of aromatic nitrogens is 2. The van der Waals surface area contributed by atoms with E-state index in [1.54, 1.807) is 19.1 Å². The second-order valence-electron chi connectivity index (χ2n) is 6.50. The van der Waals surface area contributed by atoms with E-state index in [2.05, 4.69) is 21.0 Å². The van der Waals surface area contributed by atoms with Gasteiger partial charge in [-0.05, 0) is 53.2 Å². The molecule has 0 aliphatic heterocycles. The maximum absolute atomic E-state index is 12.8. The summed E-state index contributed by atoms with van der Waals surface area (Å²) in [6.45, 7) is 2.40. The molecule has 32 heavy (non-hydrogen) atoms. The molecule has 0 aliphatic carbocycles. The standard InChI is InChI=1S/C21H17BrClF3N2O4/c1-2-31-19-17(22)18(12-4-3-5-13(10-12)20(29)30)27-28(19)8-9-32-16-7-6-14(11-15(16)23)21(24,25)26/h3-7,10-11H,2,8-9H2,1H3,(H,29,30). The van der Waals surface area contributed by atoms with Crippen LogP contribution in [0.25, 0.3) is 11.3 Å². The molecule has 0 saturated carbocycles. The Morgan fingerprint density at radius 2 is 1.97 bits per heavy atom. The van der Waals surface area contributed by atoms with Gasteiger partial charge >= 0.3 is 12.1 Å². The predicted molar refractivity (Wildman–Crippen MR) is 115 cm³/mol. The average molecular weight is 534 g/mol. The first-order valence-corrected chi connectivity index (χ1v) is 10.5. The number of ether oxygens (including phenoxy) is 2. The van der Waals surface area contributed by atoms with Gasteiger partial charge in [-0.1, -0.05) is 23.7 Å². The molecule has 3 aromatic rings. The number of hydrogen-bond acceptors (Lipinski definition) is 4. The Kier molecular flexibility index (Phi) is 7.35. The van der Waals surface area contributed by atoms with E-state index in [-0.39, 0.29) is 29.5 Å². The lowest BCUT2D eigenvalue weighted by molar-refractivity contribution is -0.137. The molecule has 11 heteroatoms. The number of hydrogen-bond donors (Lipinski definition) is 1. The lowest BCUT2D eigenvalue weighted by Crippen LogP contribution is -2.12. The largest absolute Gasteiger partial charge is 0.490 e. The molecule has 0 atom stereocenters. The Labute approximate surface area is 194 Å². The molecule has 3 rings (SSSR count). The van der Waals surface area contributed by atoms with E-state index in [0.29, 0.717) is 28.2 Å². The van der Waals surface area contributed by atoms with Crippen molar-refractivity contribution in [3.8, 4) is 22.9 Å². The summed E-state index contributed by atoms with van der Waals surface area (Å²) in [6, 6.07) is 9.16. The fourth-order valence-corrected chi connectivity index (χ4v) is 3.73. The van der Waals surface area contributed by atoms with E-state index >= 15 is 0 Å². The Morgan fingerprint density at radius 3 is 2.59 bits per heavy atom. The molecule has 6 nitrogen and oxygen atoms in total. The summed E-state index contributed by atoms with van der Waals surface area (Å²) < 4.78 is 51.6. The summed E-state index contributed by atoms with van der Waals surface area (Å²) in [6.07, 6.45) is -4.50. The van der Waals surface area contributed by atoms with E-state index in [4.69, 9.17) is 21.1 Å². The fourth-order valence-electron chi connectivity index (χ4n) is 2.87. The van der Waals surface area contributed by atoms with Crippen LogP contribution in [0.1, 0.15) is 22.8 Å². The summed E-state index contributed by atoms with van der Waals surface area (Å²) in [5, 5.41) is 13.6. The van der Waals surface area contributed by atoms with Crippen molar-refractivity contribution in [1.29, 1.82) is 0 Å². The number of carboxylic acid groups (broad SMARTS) is 1. The van der Waals surface area contributed by atoms with Crippen LogP contribution < -0.4 is 9.47 Å². The summed E-state index contributed by atoms with van der Waals surface area (Å²) in [4.78, 5) is 11.3. The van der Waals surface area contributed by atoms with Gasteiger partial charge in [-0.25, -0.2) is 9.48 Å². The minimum Gasteiger partial charge on any atom is -0.490 e. The summed E-state index contributed by atoms with van der Waals surface area (Å²) in [5.74, 6) is -0.544. The lowest BCUT2D eigenvalue weighted by atomic mass is 10.1. The Balaban J connectivity index is 1.80. The van der Waals surface area contributed by atoms with Crippen molar-refractivity contribution in [2.75, 3.05) is 13.2 Å². The molecule has 0 amide bonds. The summed E-state index contributed by atoms with van der Waals surface area (Å²) >= 11 is 9.37. The molecule has 0 aliphatic rings. The number of nitrogens with zero attached hydrogens (tertiary/aromatic N) is 2. The van der Waals surface area contributed by atoms with Gasteiger partial charge in [0.15, 0.2) is 0 Å². The minimum absolute atomic E-state index is 0.0495. The highest BCUT2D eigenvalue weighted by Gasteiger charge is 2.31. The maximum atomic E-state index is 12.8. The first-order valence-electron chi connectivity index (χ1n) is 9.34. The number of carboxylic acids is 1. The van der Waals surface area contributed by atoms with Gasteiger partial charge in [-0.15, -0.1) is 0 Å². The van der Waals surface area contributed by atoms with Gasteiger partial charge in [-0.3, -0.25) is 0 Å². The van der Waals surface area contributed by atoms with E-state index in [0.717, 1.165) is 18.2 Å². The average Bonchev–Trinajstić information content (AvgIpc) is 3.04. The fraction of sp³-hybridized carbons (Fsp3) is 0.238. The number of alkyl halides is 3. The molecule has 0 bridgehead atoms. The van der Waals surface area contributed by atoms with Crippen LogP contribution in [0.4, 0.5) is 13.2 Å². The molecule has 0 saturated heterocycles. The Bertz CT molecular complexity index is 1130. The third-order valence-corrected chi connectivity index (χ3v) is 5.34. The number of rotatable bonds is 8. The van der Waals surface area contributed by atoms with Crippen LogP contribution in [0.15, 0.2) is 46.9 Å². The lowest BCUT2D eigenvalue weighted by Gasteiger charge is -2.12. The van der Waals surface area contributed by atoms with Crippen molar-refractivity contribution in [3.63, 3.8) is 0 Å². The molecule has 1 aromatic heterocycles. The molecule has 2 aromatic carbocycles. The van der Waals surface area contributed by atoms with Gasteiger partial charge in [-0.2, -0.15) is 18.3 Å². The normalized spacial score (nSPS) is 11.4. The second kappa shape index (κ2) is 9.83. The highest BCUT2D eigenvalue weighted by Crippen LogP contribution is 2.37. The molecular formula is C21H17BrClF3N2O4. The first-order chi connectivity index (χ1) is 15.1. The van der Waals surface area contributed by atoms with Gasteiger partial charge in [0.1, 0.15) is 22.5 Å². The quantitative estimate of drug-likeness (QED) is 0.375. The number of halogens is 5. The van der Waals surface area contributed by atoms with Gasteiger partial charge in [0.05, 0.1) is 29.3 Å². The maximum Gasteiger partial charge on any atom is 0.416 e. The van der Waals surface area contributed by atoms with Crippen LogP contribution in [0.2, 0.25) is 5.02 Å². The van der Waals surface area contributed by atoms with Gasteiger partial charge in [0, 0.05) is 5.56 Å². The van der Waals surface area contributed by atoms with Crippen molar-refractivity contribution in [2.24, 2.45) is 0 Å². The zero-order valence-electron chi connectivity index (χ0n) is 16.6. The van der Waals surface area contributed by atoms with Crippen molar-refractivity contribution in [1.82, 2.24) is 9.78 Å². The SMILES string of the molecule is CCOc1c(Br)c(-c2cccc(C(=O)O)c2)nn1CCOc1ccc(C(F)(F)F)cc1Cl. The topological polar surface area (TPSA) is 73.6 Å². The van der Waals surface area contributed by atoms with E-state index < -0.39 is 17.7 Å². The van der Waals surface area contributed by atoms with Crippen molar-refractivity contribution >= 4 is 33.5 Å². The first kappa shape index (κ1) is 23.9. The highest BCUT2D eigenvalue weighted by molar-refractivity contribution is 9.10. The molecule has 0 radical (unpaired) electrons. The van der Waals surface area contributed by atoms with Crippen LogP contribution in [0, 0.1) is 0 Å². The molecular weight excluding hydrogens is 517 g/mol. The summed E-state index contributed by atoms with van der Waals surface area (Å²) in [5.41, 5.74) is 0.298. The smallest absolute Gasteiger partial charge is 0.416 e. The predicted octanol–water partition coefficient (Wildman–Crippen LogP) is 6.16. The molecule has 0 fully saturated rings. The van der Waals surface area contributed by atoms with E-state index in [1.165, 1.54) is 16.8 Å². The van der Waals surface area contributed by atoms with Gasteiger partial charge in [0.25, 0.3) is 0 Å². The third-order valence-electron chi connectivity index (χ3n) is 4.33. The van der Waals surface area contributed by atoms with Crippen molar-refractivity contribution in [2.45, 2.75) is 19.6 Å². The van der Waals surface area contributed by atoms with E-state index in [1.807, 2.05) is 0 Å². The van der Waals surface area contributed by atoms with Gasteiger partial charge in [0.2, 0.25) is 5.88 Å². The monoisotopic (exact) mass is 532 g/mol. The molecule has 0 spiro atoms. The number of carbonyl (C=O) groups is 1. The Morgan fingerprint density at radius 1 is 1.22 bits per heavy atom. The van der Waals surface area contributed by atoms with Crippen LogP contribution in [-0.2, 0) is 12.7 Å². The molecule has 1 N–H and O–H groups in total. The van der Waals surface area contributed by atoms with Gasteiger partial charge < -0.3 is 14.6 Å². The number of benzene rings is 2. The highest BCUT2D eigenvalue weighted by atomic mass is 79.9. The van der Waals surface area contributed by atoms with Crippen LogP contribution in [0.5, 0.6) is 11.6 Å². The number of aromatic carboxylic acids is 1. The molecule has 1 heterocycles. The Hall–Kier alpha value is -2.72. The third kappa shape index (κ3) is 5.36. The summed E-state index contributed by atoms with van der Waals surface area (Å²) in [7, 11) is 0. The zero-order chi connectivity index (χ0) is 23.5. The van der Waals surface area contributed by atoms with Crippen LogP contribution >= 0.6 is 27.5 Å². The molecule has 170 valence electrons. The van der Waals surface area contributed by atoms with Crippen molar-refractivity contribution in [3.05, 3.63) is 63.1 Å². The second-order valence-corrected chi connectivity index (χ2v) is 7.70. The van der Waals surface area contributed by atoms with Crippen LogP contribution in [-0.4, -0.2) is 34.1 Å². The van der Waals surface area contributed by atoms with Crippen LogP contribution in [0.3, 0.4) is 0 Å². The van der Waals surface area contributed by atoms with E-state index in [9.17, 15) is 23.1 Å². The molecule has 0 unspecified atom stereocenters. The zero-order valence-corrected chi connectivity index (χ0v) is 19.0.